The van der Waals surface area contributed by atoms with Crippen molar-refractivity contribution in [1.82, 2.24) is 35.3 Å². The van der Waals surface area contributed by atoms with Crippen molar-refractivity contribution in [1.29, 1.82) is 0 Å². The number of aliphatic hydroxyl groups excluding tert-OH is 1. The summed E-state index contributed by atoms with van der Waals surface area (Å²) in [5, 5.41) is 26.9. The number of aryl methyl sites for hydroxylation is 3. The summed E-state index contributed by atoms with van der Waals surface area (Å²) in [6.07, 6.45) is 0.300. The molecule has 9 rings (SSSR count). The predicted octanol–water partition coefficient (Wildman–Crippen LogP) is 8.53. The van der Waals surface area contributed by atoms with Crippen molar-refractivity contribution in [3.05, 3.63) is 128 Å². The number of aliphatic hydroxyl groups is 1. The molecule has 16 heteroatoms. The Kier molecular flexibility index (Phi) is 14.1. The SMILES string of the molecule is COC(=O)C[C@@H]1N=C(c2ccc(-c3cccc4c3CCN(CC(=O)NC(C(=O)C3C[C@H](O)CC3C(=O)N[C@@H](C)c3ccc(-c5scnc5C)cc3)C(C)(C)C)C4)cc2)c2c(sc(C)c2C)-n2c(C)nnc21. The van der Waals surface area contributed by atoms with E-state index in [4.69, 9.17) is 9.73 Å². The Morgan fingerprint density at radius 2 is 1.61 bits per heavy atom. The molecule has 0 bridgehead atoms. The quantitative estimate of drug-likeness (QED) is 0.0950. The number of methoxy groups -OCH3 is 1. The molecule has 1 fully saturated rings. The Hall–Kier alpha value is -6.20. The van der Waals surface area contributed by atoms with Crippen molar-refractivity contribution < 1.29 is 29.0 Å². The van der Waals surface area contributed by atoms with Crippen LogP contribution in [0.1, 0.15) is 115 Å². The van der Waals surface area contributed by atoms with Gasteiger partial charge in [-0.05, 0) is 98.2 Å². The highest BCUT2D eigenvalue weighted by Gasteiger charge is 2.47. The zero-order valence-corrected chi connectivity index (χ0v) is 43.5. The van der Waals surface area contributed by atoms with E-state index in [2.05, 4.69) is 87.0 Å². The van der Waals surface area contributed by atoms with E-state index in [-0.39, 0.29) is 55.4 Å². The lowest BCUT2D eigenvalue weighted by Gasteiger charge is -2.35. The fraction of sp³-hybridized carbons (Fsp3) is 0.418. The van der Waals surface area contributed by atoms with Gasteiger partial charge in [0.15, 0.2) is 11.6 Å². The van der Waals surface area contributed by atoms with Crippen molar-refractivity contribution >= 4 is 52.0 Å². The monoisotopic (exact) mass is 994 g/mol. The number of Topliss-reactive ketones (excluding diaryl/α,β-unsaturated/α-hetero) is 1. The minimum atomic E-state index is -0.863. The zero-order valence-electron chi connectivity index (χ0n) is 41.8. The summed E-state index contributed by atoms with van der Waals surface area (Å²) in [7, 11) is 1.38. The molecule has 2 amide bonds. The summed E-state index contributed by atoms with van der Waals surface area (Å²) in [6.45, 7) is 17.1. The van der Waals surface area contributed by atoms with Crippen molar-refractivity contribution in [3.8, 4) is 26.6 Å². The Morgan fingerprint density at radius 1 is 0.901 bits per heavy atom. The van der Waals surface area contributed by atoms with Gasteiger partial charge in [0.25, 0.3) is 0 Å². The molecule has 14 nitrogen and oxygen atoms in total. The van der Waals surface area contributed by atoms with E-state index >= 15 is 0 Å². The third-order valence-electron chi connectivity index (χ3n) is 14.5. The number of carbonyl (C=O) groups excluding carboxylic acids is 4. The first-order valence-corrected chi connectivity index (χ1v) is 26.0. The second-order valence-electron chi connectivity index (χ2n) is 20.4. The van der Waals surface area contributed by atoms with Crippen LogP contribution >= 0.6 is 22.7 Å². The van der Waals surface area contributed by atoms with E-state index in [0.717, 1.165) is 78.0 Å². The molecule has 3 N–H and O–H groups in total. The van der Waals surface area contributed by atoms with Gasteiger partial charge >= 0.3 is 5.97 Å². The molecule has 3 aromatic heterocycles. The maximum Gasteiger partial charge on any atom is 0.308 e. The number of hydrogen-bond donors (Lipinski definition) is 3. The highest BCUT2D eigenvalue weighted by Crippen LogP contribution is 2.41. The summed E-state index contributed by atoms with van der Waals surface area (Å²) in [4.78, 5) is 69.0. The van der Waals surface area contributed by atoms with E-state index < -0.39 is 35.4 Å². The first-order chi connectivity index (χ1) is 33.9. The molecule has 2 aliphatic heterocycles. The van der Waals surface area contributed by atoms with E-state index in [9.17, 15) is 24.3 Å². The largest absolute Gasteiger partial charge is 0.469 e. The lowest BCUT2D eigenvalue weighted by atomic mass is 9.77. The molecular weight excluding hydrogens is 933 g/mol. The van der Waals surface area contributed by atoms with Gasteiger partial charge in [-0.15, -0.1) is 32.9 Å². The van der Waals surface area contributed by atoms with Crippen LogP contribution in [-0.2, 0) is 36.9 Å². The van der Waals surface area contributed by atoms with Gasteiger partial charge < -0.3 is 20.5 Å². The molecule has 3 aromatic carbocycles. The van der Waals surface area contributed by atoms with Crippen LogP contribution in [0.5, 0.6) is 0 Å². The number of ether oxygens (including phenoxy) is 1. The summed E-state index contributed by atoms with van der Waals surface area (Å²) >= 11 is 3.25. The number of esters is 1. The molecule has 6 aromatic rings. The Labute approximate surface area is 423 Å². The molecule has 6 atom stereocenters. The molecule has 1 aliphatic carbocycles. The van der Waals surface area contributed by atoms with Crippen LogP contribution < -0.4 is 10.6 Å². The van der Waals surface area contributed by atoms with Crippen molar-refractivity contribution in [2.75, 3.05) is 20.2 Å². The normalized spacial score (nSPS) is 19.7. The van der Waals surface area contributed by atoms with Crippen LogP contribution in [-0.4, -0.2) is 91.4 Å². The standard InChI is InChI=1S/C55H62N8O6S2/c1-29-32(4)71-54-47(29)48(58-44(25-46(66)69-9)52-61-60-33(5)63(52)54)36-17-15-35(16-18-36)40-12-10-11-38-26-62(22-21-41(38)40)27-45(65)59-51(55(6,7)8)49(67)42-23-39(64)24-43(42)53(68)57-30(2)34-13-19-37(20-14-34)50-31(3)56-28-70-50/h10-20,28,30,39,42-44,51,64H,21-27H2,1-9H3,(H,57,68)(H,59,65)/t30-,39-,42?,43?,44-,51?/m0/s1. The smallest absolute Gasteiger partial charge is 0.308 e. The second kappa shape index (κ2) is 20.1. The summed E-state index contributed by atoms with van der Waals surface area (Å²) in [5.41, 5.74) is 12.5. The van der Waals surface area contributed by atoms with Gasteiger partial charge in [-0.2, -0.15) is 0 Å². The molecule has 370 valence electrons. The van der Waals surface area contributed by atoms with Crippen LogP contribution in [0.15, 0.2) is 77.2 Å². The molecule has 71 heavy (non-hydrogen) atoms. The Balaban J connectivity index is 0.868. The number of aromatic nitrogens is 4. The number of amides is 2. The number of carbonyl (C=O) groups is 4. The minimum Gasteiger partial charge on any atom is -0.469 e. The lowest BCUT2D eigenvalue weighted by molar-refractivity contribution is -0.141. The number of fused-ring (bicyclic) bond motifs is 4. The third-order valence-corrected chi connectivity index (χ3v) is 16.7. The van der Waals surface area contributed by atoms with Crippen LogP contribution in [0, 0.1) is 44.9 Å². The van der Waals surface area contributed by atoms with Crippen molar-refractivity contribution in [3.63, 3.8) is 0 Å². The highest BCUT2D eigenvalue weighted by atomic mass is 32.1. The molecule has 1 saturated carbocycles. The van der Waals surface area contributed by atoms with E-state index in [0.29, 0.717) is 18.9 Å². The molecule has 3 aliphatic rings. The predicted molar refractivity (Wildman–Crippen MR) is 277 cm³/mol. The van der Waals surface area contributed by atoms with Crippen LogP contribution in [0.2, 0.25) is 0 Å². The molecule has 0 radical (unpaired) electrons. The van der Waals surface area contributed by atoms with Crippen LogP contribution in [0.3, 0.4) is 0 Å². The summed E-state index contributed by atoms with van der Waals surface area (Å²) < 4.78 is 7.10. The average molecular weight is 995 g/mol. The van der Waals surface area contributed by atoms with Crippen LogP contribution in [0.4, 0.5) is 0 Å². The van der Waals surface area contributed by atoms with Gasteiger partial charge in [0, 0.05) is 35.0 Å². The lowest BCUT2D eigenvalue weighted by Crippen LogP contribution is -2.54. The summed E-state index contributed by atoms with van der Waals surface area (Å²) in [5.74, 6) is -1.28. The molecular formula is C55H62N8O6S2. The number of thiophene rings is 1. The number of rotatable bonds is 13. The van der Waals surface area contributed by atoms with Gasteiger partial charge in [-0.1, -0.05) is 87.5 Å². The fourth-order valence-electron chi connectivity index (χ4n) is 10.5. The summed E-state index contributed by atoms with van der Waals surface area (Å²) in [6, 6.07) is 21.0. The molecule has 0 spiro atoms. The number of ketones is 1. The van der Waals surface area contributed by atoms with Gasteiger partial charge in [-0.3, -0.25) is 33.6 Å². The maximum atomic E-state index is 14.5. The Morgan fingerprint density at radius 3 is 2.30 bits per heavy atom. The number of nitrogens with one attached hydrogen (secondary N) is 2. The first-order valence-electron chi connectivity index (χ1n) is 24.3. The number of thiazole rings is 1. The third kappa shape index (κ3) is 10.0. The Bertz CT molecular complexity index is 3040. The number of aliphatic imine (C=N–C) groups is 1. The number of hydrogen-bond acceptors (Lipinski definition) is 13. The first kappa shape index (κ1) is 49.8. The molecule has 3 unspecified atom stereocenters. The average Bonchev–Trinajstić information content (AvgIpc) is 4.12. The molecule has 5 heterocycles. The van der Waals surface area contributed by atoms with Crippen molar-refractivity contribution in [2.24, 2.45) is 22.2 Å². The van der Waals surface area contributed by atoms with Gasteiger partial charge in [-0.25, -0.2) is 4.98 Å². The fourth-order valence-corrected chi connectivity index (χ4v) is 12.5. The van der Waals surface area contributed by atoms with Gasteiger partial charge in [0.1, 0.15) is 16.9 Å². The van der Waals surface area contributed by atoms with E-state index in [1.54, 1.807) is 22.7 Å². The van der Waals surface area contributed by atoms with Gasteiger partial charge in [0.05, 0.1) is 66.0 Å². The number of nitrogens with zero attached hydrogens (tertiary/aromatic N) is 6. The topological polar surface area (TPSA) is 181 Å². The second-order valence-corrected chi connectivity index (χ2v) is 22.4. The van der Waals surface area contributed by atoms with E-state index in [1.807, 2.05) is 75.9 Å². The van der Waals surface area contributed by atoms with Gasteiger partial charge in [0.2, 0.25) is 11.8 Å². The maximum absolute atomic E-state index is 14.5. The number of benzene rings is 3. The zero-order chi connectivity index (χ0) is 50.5. The van der Waals surface area contributed by atoms with Crippen molar-refractivity contribution in [2.45, 2.75) is 112 Å². The van der Waals surface area contributed by atoms with Crippen LogP contribution in [0.25, 0.3) is 26.6 Å². The molecule has 0 saturated heterocycles. The highest BCUT2D eigenvalue weighted by molar-refractivity contribution is 7.15. The minimum absolute atomic E-state index is 0.0332. The van der Waals surface area contributed by atoms with E-state index in [1.165, 1.54) is 17.6 Å².